The number of ether oxygens (including phenoxy) is 2. The topological polar surface area (TPSA) is 47.7 Å². The second-order valence-electron chi connectivity index (χ2n) is 7.20. The first-order chi connectivity index (χ1) is 14.8. The van der Waals surface area contributed by atoms with Crippen LogP contribution in [0.15, 0.2) is 57.7 Å². The van der Waals surface area contributed by atoms with Crippen LogP contribution < -0.4 is 9.47 Å². The molecule has 0 radical (unpaired) electrons. The van der Waals surface area contributed by atoms with E-state index in [-0.39, 0.29) is 6.04 Å². The van der Waals surface area contributed by atoms with Crippen LogP contribution in [0, 0.1) is 0 Å². The Balaban J connectivity index is 1.50. The molecule has 1 aliphatic rings. The van der Waals surface area contributed by atoms with E-state index in [1.54, 1.807) is 36.9 Å². The molecule has 5 nitrogen and oxygen atoms in total. The quantitative estimate of drug-likeness (QED) is 0.390. The van der Waals surface area contributed by atoms with Gasteiger partial charge < -0.3 is 14.0 Å². The number of hydrogen-bond acceptors (Lipinski definition) is 7. The number of fused-ring (bicyclic) bond motifs is 1. The Hall–Kier alpha value is -2.61. The molecule has 30 heavy (non-hydrogen) atoms. The van der Waals surface area contributed by atoms with Crippen LogP contribution in [-0.4, -0.2) is 30.8 Å². The summed E-state index contributed by atoms with van der Waals surface area (Å²) in [6.45, 7) is 1.66. The summed E-state index contributed by atoms with van der Waals surface area (Å²) in [5.41, 5.74) is 3.52. The molecule has 1 aromatic carbocycles. The minimum Gasteiger partial charge on any atom is -0.493 e. The van der Waals surface area contributed by atoms with Gasteiger partial charge in [-0.05, 0) is 52.6 Å². The zero-order valence-corrected chi connectivity index (χ0v) is 18.5. The predicted octanol–water partition coefficient (Wildman–Crippen LogP) is 5.63. The Labute approximate surface area is 183 Å². The average Bonchev–Trinajstić information content (AvgIpc) is 3.55. The molecule has 0 bridgehead atoms. The maximum absolute atomic E-state index is 5.61. The van der Waals surface area contributed by atoms with E-state index in [4.69, 9.17) is 14.0 Å². The molecule has 1 atom stereocenters. The molecule has 0 spiro atoms. The van der Waals surface area contributed by atoms with Crippen molar-refractivity contribution in [3.8, 4) is 22.1 Å². The van der Waals surface area contributed by atoms with Crippen molar-refractivity contribution < 1.29 is 14.0 Å². The molecule has 0 aliphatic carbocycles. The zero-order chi connectivity index (χ0) is 20.5. The second-order valence-corrected chi connectivity index (χ2v) is 9.13. The highest BCUT2D eigenvalue weighted by atomic mass is 32.1. The molecule has 5 rings (SSSR count). The third kappa shape index (κ3) is 3.53. The summed E-state index contributed by atoms with van der Waals surface area (Å²) in [7, 11) is 3.37. The molecule has 4 aromatic rings. The number of nitrogens with zero attached hydrogens (tertiary/aromatic N) is 2. The molecule has 0 unspecified atom stereocenters. The predicted molar refractivity (Wildman–Crippen MR) is 120 cm³/mol. The van der Waals surface area contributed by atoms with Gasteiger partial charge in [-0.1, -0.05) is 17.3 Å². The van der Waals surface area contributed by atoms with Gasteiger partial charge in [0.1, 0.15) is 0 Å². The molecule has 0 fully saturated rings. The van der Waals surface area contributed by atoms with E-state index in [0.29, 0.717) is 0 Å². The normalized spacial score (nSPS) is 16.4. The van der Waals surface area contributed by atoms with Crippen molar-refractivity contribution >= 4 is 22.7 Å². The van der Waals surface area contributed by atoms with E-state index in [0.717, 1.165) is 47.3 Å². The molecular weight excluding hydrogens is 416 g/mol. The van der Waals surface area contributed by atoms with Crippen LogP contribution in [0.1, 0.15) is 27.7 Å². The summed E-state index contributed by atoms with van der Waals surface area (Å²) in [4.78, 5) is 4.88. The van der Waals surface area contributed by atoms with Gasteiger partial charge in [0, 0.05) is 24.0 Å². The minimum absolute atomic E-state index is 0.149. The fraction of sp³-hybridized carbons (Fsp3) is 0.261. The molecule has 4 heterocycles. The van der Waals surface area contributed by atoms with E-state index in [9.17, 15) is 0 Å². The van der Waals surface area contributed by atoms with Crippen LogP contribution in [0.4, 0.5) is 0 Å². The van der Waals surface area contributed by atoms with Gasteiger partial charge >= 0.3 is 0 Å². The largest absolute Gasteiger partial charge is 0.493 e. The fourth-order valence-corrected chi connectivity index (χ4v) is 5.63. The monoisotopic (exact) mass is 438 g/mol. The number of rotatable bonds is 6. The van der Waals surface area contributed by atoms with Crippen molar-refractivity contribution in [1.29, 1.82) is 0 Å². The summed E-state index contributed by atoms with van der Waals surface area (Å²) in [6.07, 6.45) is 0.952. The van der Waals surface area contributed by atoms with Crippen LogP contribution in [0.25, 0.3) is 10.6 Å². The Bertz CT molecular complexity index is 1120. The average molecular weight is 439 g/mol. The molecule has 3 aromatic heterocycles. The van der Waals surface area contributed by atoms with Gasteiger partial charge in [0.15, 0.2) is 17.3 Å². The highest BCUT2D eigenvalue weighted by molar-refractivity contribution is 7.13. The van der Waals surface area contributed by atoms with E-state index in [1.165, 1.54) is 16.0 Å². The van der Waals surface area contributed by atoms with Crippen LogP contribution >= 0.6 is 22.7 Å². The van der Waals surface area contributed by atoms with Gasteiger partial charge in [0.05, 0.1) is 30.8 Å². The second kappa shape index (κ2) is 8.26. The van der Waals surface area contributed by atoms with Crippen molar-refractivity contribution in [1.82, 2.24) is 10.1 Å². The maximum Gasteiger partial charge on any atom is 0.177 e. The van der Waals surface area contributed by atoms with Gasteiger partial charge in [-0.15, -0.1) is 22.7 Å². The van der Waals surface area contributed by atoms with E-state index in [2.05, 4.69) is 51.8 Å². The number of hydrogen-bond donors (Lipinski definition) is 0. The third-order valence-electron chi connectivity index (χ3n) is 5.47. The first-order valence-corrected chi connectivity index (χ1v) is 11.5. The number of benzene rings is 1. The number of aromatic nitrogens is 1. The van der Waals surface area contributed by atoms with E-state index < -0.39 is 0 Å². The molecule has 7 heteroatoms. The van der Waals surface area contributed by atoms with Gasteiger partial charge in [0.25, 0.3) is 0 Å². The van der Waals surface area contributed by atoms with Gasteiger partial charge in [-0.3, -0.25) is 4.90 Å². The van der Waals surface area contributed by atoms with Crippen LogP contribution in [0.2, 0.25) is 0 Å². The molecule has 0 saturated carbocycles. The van der Waals surface area contributed by atoms with Crippen molar-refractivity contribution in [2.24, 2.45) is 0 Å². The highest BCUT2D eigenvalue weighted by Gasteiger charge is 2.31. The van der Waals surface area contributed by atoms with E-state index >= 15 is 0 Å². The molecule has 154 valence electrons. The first-order valence-electron chi connectivity index (χ1n) is 9.78. The highest BCUT2D eigenvalue weighted by Crippen LogP contribution is 2.42. The Morgan fingerprint density at radius 2 is 1.87 bits per heavy atom. The Morgan fingerprint density at radius 1 is 1.07 bits per heavy atom. The Kier molecular flexibility index (Phi) is 5.33. The third-order valence-corrected chi connectivity index (χ3v) is 7.28. The molecule has 0 amide bonds. The number of thiophene rings is 2. The fourth-order valence-electron chi connectivity index (χ4n) is 4.08. The van der Waals surface area contributed by atoms with Crippen molar-refractivity contribution in [2.45, 2.75) is 19.0 Å². The summed E-state index contributed by atoms with van der Waals surface area (Å²) >= 11 is 3.44. The lowest BCUT2D eigenvalue weighted by Gasteiger charge is -2.37. The van der Waals surface area contributed by atoms with Crippen molar-refractivity contribution in [3.63, 3.8) is 0 Å². The smallest absolute Gasteiger partial charge is 0.177 e. The standard InChI is InChI=1S/C23H22N2O3S2/c1-26-18-11-15-7-8-25(14-16-12-20(28-24-16)21-5-3-9-29-21)23(22-6-4-10-30-22)17(15)13-19(18)27-2/h3-6,9-13,23H,7-8,14H2,1-2H3/t23-/m0/s1. The summed E-state index contributed by atoms with van der Waals surface area (Å²) < 4.78 is 16.7. The SMILES string of the molecule is COc1cc2c(cc1OC)[C@@H](c1cccs1)N(Cc1cc(-c3cccs3)on1)CC2. The van der Waals surface area contributed by atoms with Gasteiger partial charge in [0.2, 0.25) is 0 Å². The minimum atomic E-state index is 0.149. The first kappa shape index (κ1) is 19.4. The van der Waals surface area contributed by atoms with Crippen molar-refractivity contribution in [2.75, 3.05) is 20.8 Å². The molecule has 1 aliphatic heterocycles. The number of methoxy groups -OCH3 is 2. The molecule has 0 saturated heterocycles. The lowest BCUT2D eigenvalue weighted by molar-refractivity contribution is 0.200. The van der Waals surface area contributed by atoms with Crippen LogP contribution in [0.3, 0.4) is 0 Å². The summed E-state index contributed by atoms with van der Waals surface area (Å²) in [5.74, 6) is 2.38. The zero-order valence-electron chi connectivity index (χ0n) is 16.8. The molecule has 0 N–H and O–H groups in total. The maximum atomic E-state index is 5.61. The van der Waals surface area contributed by atoms with Gasteiger partial charge in [-0.25, -0.2) is 0 Å². The van der Waals surface area contributed by atoms with Crippen LogP contribution in [-0.2, 0) is 13.0 Å². The Morgan fingerprint density at radius 3 is 2.60 bits per heavy atom. The van der Waals surface area contributed by atoms with Crippen LogP contribution in [0.5, 0.6) is 11.5 Å². The van der Waals surface area contributed by atoms with Gasteiger partial charge in [-0.2, -0.15) is 0 Å². The van der Waals surface area contributed by atoms with E-state index in [1.807, 2.05) is 11.4 Å². The summed E-state index contributed by atoms with van der Waals surface area (Å²) in [5, 5.41) is 8.53. The lowest BCUT2D eigenvalue weighted by Crippen LogP contribution is -2.35. The van der Waals surface area contributed by atoms with Crippen molar-refractivity contribution in [3.05, 3.63) is 74.9 Å². The summed E-state index contributed by atoms with van der Waals surface area (Å²) in [6, 6.07) is 14.9. The lowest BCUT2D eigenvalue weighted by atomic mass is 9.90. The molecular formula is C23H22N2O3S2.